The number of hydrogen-bond acceptors (Lipinski definition) is 3. The van der Waals surface area contributed by atoms with Crippen molar-refractivity contribution in [1.82, 2.24) is 10.2 Å². The van der Waals surface area contributed by atoms with Crippen molar-refractivity contribution in [3.63, 3.8) is 0 Å². The smallest absolute Gasteiger partial charge is 0.129 e. The van der Waals surface area contributed by atoms with Crippen LogP contribution in [0.3, 0.4) is 0 Å². The number of nitrogens with zero attached hydrogens (tertiary/aromatic N) is 1. The lowest BCUT2D eigenvalue weighted by Gasteiger charge is -2.38. The van der Waals surface area contributed by atoms with Crippen LogP contribution in [0.5, 0.6) is 0 Å². The fourth-order valence-electron chi connectivity index (χ4n) is 2.73. The van der Waals surface area contributed by atoms with Crippen molar-refractivity contribution in [1.29, 1.82) is 0 Å². The van der Waals surface area contributed by atoms with Gasteiger partial charge in [0.15, 0.2) is 0 Å². The summed E-state index contributed by atoms with van der Waals surface area (Å²) in [5, 5.41) is 13.2. The van der Waals surface area contributed by atoms with E-state index in [1.165, 1.54) is 0 Å². The van der Waals surface area contributed by atoms with Gasteiger partial charge < -0.3 is 15.3 Å². The predicted octanol–water partition coefficient (Wildman–Crippen LogP) is 2.32. The number of piperidine rings is 1. The van der Waals surface area contributed by atoms with Crippen molar-refractivity contribution in [2.45, 2.75) is 25.9 Å². The lowest BCUT2D eigenvalue weighted by molar-refractivity contribution is 0.123. The average Bonchev–Trinajstić information content (AvgIpc) is 2.45. The summed E-state index contributed by atoms with van der Waals surface area (Å²) < 4.78 is 26.7. The minimum absolute atomic E-state index is 0.0102. The molecule has 0 amide bonds. The van der Waals surface area contributed by atoms with Crippen LogP contribution in [0, 0.1) is 17.0 Å². The van der Waals surface area contributed by atoms with Gasteiger partial charge in [-0.15, -0.1) is 0 Å². The Hall–Kier alpha value is -1.04. The highest BCUT2D eigenvalue weighted by atomic mass is 19.1. The highest BCUT2D eigenvalue weighted by Crippen LogP contribution is 2.29. The van der Waals surface area contributed by atoms with Crippen molar-refractivity contribution in [3.8, 4) is 0 Å². The molecule has 0 bridgehead atoms. The SMILES string of the molecule is CN1CCC(C)(CNCC(O)c2cc(F)ccc2F)CC1. The first-order chi connectivity index (χ1) is 9.89. The van der Waals surface area contributed by atoms with Crippen LogP contribution in [0.25, 0.3) is 0 Å². The minimum atomic E-state index is -1.03. The molecule has 118 valence electrons. The summed E-state index contributed by atoms with van der Waals surface area (Å²) in [5.74, 6) is -1.11. The van der Waals surface area contributed by atoms with Crippen molar-refractivity contribution in [2.24, 2.45) is 5.41 Å². The highest BCUT2D eigenvalue weighted by molar-refractivity contribution is 5.21. The molecule has 1 heterocycles. The molecule has 1 saturated heterocycles. The van der Waals surface area contributed by atoms with Crippen LogP contribution in [-0.2, 0) is 0 Å². The van der Waals surface area contributed by atoms with Gasteiger partial charge in [-0.1, -0.05) is 6.92 Å². The van der Waals surface area contributed by atoms with Gasteiger partial charge >= 0.3 is 0 Å². The second-order valence-electron chi connectivity index (χ2n) is 6.43. The molecule has 5 heteroatoms. The molecule has 0 radical (unpaired) electrons. The Labute approximate surface area is 125 Å². The van der Waals surface area contributed by atoms with E-state index in [0.29, 0.717) is 0 Å². The maximum Gasteiger partial charge on any atom is 0.129 e. The van der Waals surface area contributed by atoms with Crippen molar-refractivity contribution in [2.75, 3.05) is 33.2 Å². The zero-order valence-electron chi connectivity index (χ0n) is 12.7. The Balaban J connectivity index is 1.84. The number of likely N-dealkylation sites (tertiary alicyclic amines) is 1. The molecule has 1 atom stereocenters. The van der Waals surface area contributed by atoms with Crippen LogP contribution in [0.1, 0.15) is 31.4 Å². The molecule has 21 heavy (non-hydrogen) atoms. The highest BCUT2D eigenvalue weighted by Gasteiger charge is 2.28. The van der Waals surface area contributed by atoms with Crippen LogP contribution < -0.4 is 5.32 Å². The third-order valence-electron chi connectivity index (χ3n) is 4.40. The Morgan fingerprint density at radius 1 is 1.33 bits per heavy atom. The van der Waals surface area contributed by atoms with Gasteiger partial charge in [-0.25, -0.2) is 8.78 Å². The van der Waals surface area contributed by atoms with Gasteiger partial charge in [0.25, 0.3) is 0 Å². The number of rotatable bonds is 5. The lowest BCUT2D eigenvalue weighted by atomic mass is 9.80. The van der Waals surface area contributed by atoms with E-state index >= 15 is 0 Å². The molecule has 1 fully saturated rings. The molecule has 3 nitrogen and oxygen atoms in total. The second kappa shape index (κ2) is 6.81. The van der Waals surface area contributed by atoms with E-state index in [-0.39, 0.29) is 17.5 Å². The quantitative estimate of drug-likeness (QED) is 0.876. The summed E-state index contributed by atoms with van der Waals surface area (Å²) in [7, 11) is 2.11. The largest absolute Gasteiger partial charge is 0.387 e. The number of aliphatic hydroxyl groups is 1. The Kier molecular flexibility index (Phi) is 5.30. The molecule has 0 spiro atoms. The van der Waals surface area contributed by atoms with E-state index in [0.717, 1.165) is 50.7 Å². The van der Waals surface area contributed by atoms with Gasteiger partial charge in [-0.2, -0.15) is 0 Å². The van der Waals surface area contributed by atoms with Crippen LogP contribution in [0.4, 0.5) is 8.78 Å². The van der Waals surface area contributed by atoms with Gasteiger partial charge in [0.1, 0.15) is 11.6 Å². The van der Waals surface area contributed by atoms with E-state index in [1.807, 2.05) is 0 Å². The fourth-order valence-corrected chi connectivity index (χ4v) is 2.73. The molecule has 1 aliphatic rings. The first-order valence-electron chi connectivity index (χ1n) is 7.42. The van der Waals surface area contributed by atoms with Gasteiger partial charge in [-0.3, -0.25) is 0 Å². The normalized spacial score (nSPS) is 20.4. The van der Waals surface area contributed by atoms with Crippen LogP contribution >= 0.6 is 0 Å². The van der Waals surface area contributed by atoms with Crippen LogP contribution in [0.2, 0.25) is 0 Å². The fraction of sp³-hybridized carbons (Fsp3) is 0.625. The lowest BCUT2D eigenvalue weighted by Crippen LogP contribution is -2.42. The number of halogens is 2. The Bertz CT molecular complexity index is 473. The van der Waals surface area contributed by atoms with Crippen molar-refractivity contribution >= 4 is 0 Å². The summed E-state index contributed by atoms with van der Waals surface area (Å²) in [6.07, 6.45) is 1.16. The summed E-state index contributed by atoms with van der Waals surface area (Å²) in [5.41, 5.74) is 0.211. The minimum Gasteiger partial charge on any atom is -0.387 e. The average molecular weight is 298 g/mol. The first kappa shape index (κ1) is 16.3. The van der Waals surface area contributed by atoms with E-state index in [1.54, 1.807) is 0 Å². The number of nitrogens with one attached hydrogen (secondary N) is 1. The molecular weight excluding hydrogens is 274 g/mol. The molecule has 1 unspecified atom stereocenters. The van der Waals surface area contributed by atoms with Crippen molar-refractivity contribution < 1.29 is 13.9 Å². The Morgan fingerprint density at radius 3 is 2.67 bits per heavy atom. The summed E-state index contributed by atoms with van der Waals surface area (Å²) >= 11 is 0. The van der Waals surface area contributed by atoms with E-state index in [4.69, 9.17) is 0 Å². The molecule has 0 aliphatic carbocycles. The second-order valence-corrected chi connectivity index (χ2v) is 6.43. The monoisotopic (exact) mass is 298 g/mol. The number of hydrogen-bond donors (Lipinski definition) is 2. The predicted molar refractivity (Wildman–Crippen MR) is 79.0 cm³/mol. The standard InChI is InChI=1S/C16H24F2N2O/c1-16(5-7-20(2)8-6-16)11-19-10-15(21)13-9-12(17)3-4-14(13)18/h3-4,9,15,19,21H,5-8,10-11H2,1-2H3. The molecule has 2 rings (SSSR count). The zero-order valence-corrected chi connectivity index (χ0v) is 12.7. The zero-order chi connectivity index (χ0) is 15.5. The summed E-state index contributed by atoms with van der Waals surface area (Å²) in [4.78, 5) is 2.30. The van der Waals surface area contributed by atoms with Crippen molar-refractivity contribution in [3.05, 3.63) is 35.4 Å². The maximum atomic E-state index is 13.6. The molecule has 0 aromatic heterocycles. The summed E-state index contributed by atoms with van der Waals surface area (Å²) in [6.45, 7) is 5.36. The molecule has 1 aromatic carbocycles. The third kappa shape index (κ3) is 4.46. The third-order valence-corrected chi connectivity index (χ3v) is 4.40. The summed E-state index contributed by atoms with van der Waals surface area (Å²) in [6, 6.07) is 3.16. The van der Waals surface area contributed by atoms with Crippen LogP contribution in [0.15, 0.2) is 18.2 Å². The van der Waals surface area contributed by atoms with Gasteiger partial charge in [-0.05, 0) is 56.6 Å². The van der Waals surface area contributed by atoms with Gasteiger partial charge in [0.05, 0.1) is 6.10 Å². The molecule has 1 aliphatic heterocycles. The topological polar surface area (TPSA) is 35.5 Å². The number of aliphatic hydroxyl groups excluding tert-OH is 1. The molecule has 1 aromatic rings. The molecular formula is C16H24F2N2O. The maximum absolute atomic E-state index is 13.6. The van der Waals surface area contributed by atoms with Gasteiger partial charge in [0, 0.05) is 18.7 Å². The first-order valence-corrected chi connectivity index (χ1v) is 7.42. The molecule has 2 N–H and O–H groups in total. The van der Waals surface area contributed by atoms with E-state index < -0.39 is 17.7 Å². The van der Waals surface area contributed by atoms with Gasteiger partial charge in [0.2, 0.25) is 0 Å². The Morgan fingerprint density at radius 2 is 2.00 bits per heavy atom. The van der Waals surface area contributed by atoms with E-state index in [2.05, 4.69) is 24.2 Å². The van der Waals surface area contributed by atoms with E-state index in [9.17, 15) is 13.9 Å². The number of benzene rings is 1. The van der Waals surface area contributed by atoms with Crippen LogP contribution in [-0.4, -0.2) is 43.2 Å². The molecule has 0 saturated carbocycles.